The number of nitrogens with one attached hydrogen (secondary N) is 3. The first-order valence-electron chi connectivity index (χ1n) is 7.02. The van der Waals surface area contributed by atoms with E-state index in [-0.39, 0.29) is 18.1 Å². The van der Waals surface area contributed by atoms with Crippen molar-refractivity contribution in [1.29, 1.82) is 0 Å². The maximum Gasteiger partial charge on any atom is 0.262 e. The lowest BCUT2D eigenvalue weighted by Gasteiger charge is -2.18. The number of amides is 2. The third-order valence-corrected chi connectivity index (χ3v) is 3.46. The van der Waals surface area contributed by atoms with E-state index in [1.807, 2.05) is 0 Å². The number of carbonyl (C=O) groups excluding carboxylic acids is 2. The summed E-state index contributed by atoms with van der Waals surface area (Å²) in [6.45, 7) is 3.40. The van der Waals surface area contributed by atoms with Crippen LogP contribution in [-0.2, 0) is 4.79 Å². The molecule has 2 aromatic rings. The van der Waals surface area contributed by atoms with E-state index in [0.717, 1.165) is 0 Å². The Bertz CT molecular complexity index is 870. The van der Waals surface area contributed by atoms with E-state index in [0.29, 0.717) is 28.4 Å². The van der Waals surface area contributed by atoms with Crippen molar-refractivity contribution in [3.63, 3.8) is 0 Å². The Morgan fingerprint density at radius 2 is 2.00 bits per heavy atom. The molecule has 0 saturated carbocycles. The third kappa shape index (κ3) is 2.94. The average Bonchev–Trinajstić information content (AvgIpc) is 2.46. The number of hydrogen-bond acceptors (Lipinski definition) is 4. The van der Waals surface area contributed by atoms with Gasteiger partial charge in [0.05, 0.1) is 5.69 Å². The molecule has 7 nitrogen and oxygen atoms in total. The Balaban J connectivity index is 1.87. The largest absolute Gasteiger partial charge is 0.482 e. The van der Waals surface area contributed by atoms with Gasteiger partial charge in [0.15, 0.2) is 6.61 Å². The predicted molar refractivity (Wildman–Crippen MR) is 85.1 cm³/mol. The van der Waals surface area contributed by atoms with E-state index in [2.05, 4.69) is 15.6 Å². The number of pyridine rings is 1. The second-order valence-electron chi connectivity index (χ2n) is 5.34. The first kappa shape index (κ1) is 14.8. The molecule has 0 aliphatic carbocycles. The Labute approximate surface area is 131 Å². The summed E-state index contributed by atoms with van der Waals surface area (Å²) in [7, 11) is 0. The fourth-order valence-corrected chi connectivity index (χ4v) is 2.48. The van der Waals surface area contributed by atoms with Crippen molar-refractivity contribution in [3.05, 3.63) is 51.4 Å². The Hall–Kier alpha value is -3.09. The zero-order valence-electron chi connectivity index (χ0n) is 12.6. The van der Waals surface area contributed by atoms with E-state index >= 15 is 0 Å². The summed E-state index contributed by atoms with van der Waals surface area (Å²) in [6, 6.07) is 6.60. The Morgan fingerprint density at radius 1 is 1.22 bits per heavy atom. The van der Waals surface area contributed by atoms with Crippen molar-refractivity contribution >= 4 is 23.2 Å². The van der Waals surface area contributed by atoms with Gasteiger partial charge in [0, 0.05) is 17.4 Å². The lowest BCUT2D eigenvalue weighted by molar-refractivity contribution is -0.118. The van der Waals surface area contributed by atoms with Crippen molar-refractivity contribution in [3.8, 4) is 5.75 Å². The Morgan fingerprint density at radius 3 is 2.74 bits per heavy atom. The van der Waals surface area contributed by atoms with E-state index in [9.17, 15) is 14.4 Å². The van der Waals surface area contributed by atoms with Crippen LogP contribution in [0.4, 0.5) is 11.4 Å². The lowest BCUT2D eigenvalue weighted by Crippen LogP contribution is -2.26. The lowest BCUT2D eigenvalue weighted by atomic mass is 10.1. The quantitative estimate of drug-likeness (QED) is 0.783. The molecule has 3 N–H and O–H groups in total. The Kier molecular flexibility index (Phi) is 3.61. The second-order valence-corrected chi connectivity index (χ2v) is 5.34. The molecule has 118 valence electrons. The van der Waals surface area contributed by atoms with Crippen LogP contribution in [0, 0.1) is 13.8 Å². The van der Waals surface area contributed by atoms with Crippen molar-refractivity contribution in [2.45, 2.75) is 13.8 Å². The van der Waals surface area contributed by atoms with Gasteiger partial charge >= 0.3 is 0 Å². The molecular weight excluding hydrogens is 298 g/mol. The zero-order valence-corrected chi connectivity index (χ0v) is 12.6. The molecule has 0 atom stereocenters. The van der Waals surface area contributed by atoms with Crippen LogP contribution in [0.3, 0.4) is 0 Å². The molecule has 1 aromatic carbocycles. The van der Waals surface area contributed by atoms with Gasteiger partial charge in [-0.15, -0.1) is 0 Å². The number of benzene rings is 1. The number of carbonyl (C=O) groups is 2. The van der Waals surface area contributed by atoms with Gasteiger partial charge in [-0.2, -0.15) is 0 Å². The summed E-state index contributed by atoms with van der Waals surface area (Å²) in [4.78, 5) is 38.2. The fraction of sp³-hybridized carbons (Fsp3) is 0.188. The van der Waals surface area contributed by atoms with Crippen LogP contribution in [0.5, 0.6) is 5.75 Å². The maximum absolute atomic E-state index is 12.3. The van der Waals surface area contributed by atoms with E-state index in [1.165, 1.54) is 0 Å². The van der Waals surface area contributed by atoms with Crippen LogP contribution in [0.1, 0.15) is 21.6 Å². The number of aryl methyl sites for hydroxylation is 2. The molecule has 2 heterocycles. The highest BCUT2D eigenvalue weighted by Gasteiger charge is 2.18. The van der Waals surface area contributed by atoms with Gasteiger partial charge in [-0.25, -0.2) is 0 Å². The topological polar surface area (TPSA) is 100 Å². The number of hydrogen-bond donors (Lipinski definition) is 3. The molecule has 23 heavy (non-hydrogen) atoms. The number of rotatable bonds is 2. The molecule has 0 fully saturated rings. The second kappa shape index (κ2) is 5.60. The molecule has 0 spiro atoms. The average molecular weight is 313 g/mol. The third-order valence-electron chi connectivity index (χ3n) is 3.46. The van der Waals surface area contributed by atoms with Gasteiger partial charge in [-0.1, -0.05) is 0 Å². The number of H-pyrrole nitrogens is 1. The monoisotopic (exact) mass is 313 g/mol. The molecule has 1 aromatic heterocycles. The van der Waals surface area contributed by atoms with Gasteiger partial charge in [0.2, 0.25) is 0 Å². The van der Waals surface area contributed by atoms with E-state index < -0.39 is 11.5 Å². The van der Waals surface area contributed by atoms with E-state index in [1.54, 1.807) is 38.1 Å². The standard InChI is InChI=1S/C16H15N3O4/c1-8-5-9(2)17-15(21)14(8)16(22)18-10-3-4-11-12(6-10)23-7-13(20)19-11/h3-6H,7H2,1-2H3,(H,17,21)(H,18,22)(H,19,20). The van der Waals surface area contributed by atoms with Crippen molar-refractivity contribution in [2.24, 2.45) is 0 Å². The predicted octanol–water partition coefficient (Wildman–Crippen LogP) is 1.57. The molecule has 2 amide bonds. The number of fused-ring (bicyclic) bond motifs is 1. The summed E-state index contributed by atoms with van der Waals surface area (Å²) >= 11 is 0. The minimum atomic E-state index is -0.497. The van der Waals surface area contributed by atoms with Crippen LogP contribution in [0.15, 0.2) is 29.1 Å². The minimum Gasteiger partial charge on any atom is -0.482 e. The van der Waals surface area contributed by atoms with Gasteiger partial charge in [-0.05, 0) is 37.6 Å². The highest BCUT2D eigenvalue weighted by molar-refractivity contribution is 6.05. The fourth-order valence-electron chi connectivity index (χ4n) is 2.48. The highest BCUT2D eigenvalue weighted by atomic mass is 16.5. The van der Waals surface area contributed by atoms with Gasteiger partial charge < -0.3 is 20.4 Å². The molecule has 7 heteroatoms. The SMILES string of the molecule is Cc1cc(C)c(C(=O)Nc2ccc3c(c2)OCC(=O)N3)c(=O)[nH]1. The summed E-state index contributed by atoms with van der Waals surface area (Å²) < 4.78 is 5.30. The van der Waals surface area contributed by atoms with Crippen molar-refractivity contribution < 1.29 is 14.3 Å². The molecule has 0 radical (unpaired) electrons. The van der Waals surface area contributed by atoms with Crippen LogP contribution >= 0.6 is 0 Å². The summed E-state index contributed by atoms with van der Waals surface area (Å²) in [6.07, 6.45) is 0. The number of aromatic amines is 1. The molecule has 3 rings (SSSR count). The minimum absolute atomic E-state index is 0.0683. The van der Waals surface area contributed by atoms with Crippen molar-refractivity contribution in [2.75, 3.05) is 17.2 Å². The van der Waals surface area contributed by atoms with E-state index in [4.69, 9.17) is 4.74 Å². The van der Waals surface area contributed by atoms with Crippen molar-refractivity contribution in [1.82, 2.24) is 4.98 Å². The highest BCUT2D eigenvalue weighted by Crippen LogP contribution is 2.30. The number of anilines is 2. The molecule has 1 aliphatic heterocycles. The van der Waals surface area contributed by atoms with Crippen LogP contribution in [0.25, 0.3) is 0 Å². The number of aromatic nitrogens is 1. The molecule has 1 aliphatic rings. The molecule has 0 bridgehead atoms. The molecule has 0 saturated heterocycles. The number of ether oxygens (including phenoxy) is 1. The van der Waals surface area contributed by atoms with Crippen LogP contribution < -0.4 is 20.9 Å². The summed E-state index contributed by atoms with van der Waals surface area (Å²) in [5.74, 6) is -0.253. The van der Waals surface area contributed by atoms with Gasteiger partial charge in [0.1, 0.15) is 11.3 Å². The normalized spacial score (nSPS) is 12.9. The molecule has 0 unspecified atom stereocenters. The summed E-state index contributed by atoms with van der Waals surface area (Å²) in [5, 5.41) is 5.33. The van der Waals surface area contributed by atoms with Crippen LogP contribution in [0.2, 0.25) is 0 Å². The molecular formula is C16H15N3O4. The van der Waals surface area contributed by atoms with Gasteiger partial charge in [-0.3, -0.25) is 14.4 Å². The maximum atomic E-state index is 12.3. The summed E-state index contributed by atoms with van der Waals surface area (Å²) in [5.41, 5.74) is 1.96. The zero-order chi connectivity index (χ0) is 16.6. The first-order chi connectivity index (χ1) is 10.9. The van der Waals surface area contributed by atoms with Crippen LogP contribution in [-0.4, -0.2) is 23.4 Å². The smallest absolute Gasteiger partial charge is 0.262 e. The first-order valence-corrected chi connectivity index (χ1v) is 7.02. The van der Waals surface area contributed by atoms with Gasteiger partial charge in [0.25, 0.3) is 17.4 Å².